The van der Waals surface area contributed by atoms with E-state index >= 15 is 0 Å². The molecule has 264 valence electrons. The molecule has 4 heteroatoms. The lowest BCUT2D eigenvalue weighted by molar-refractivity contribution is -0.0265. The van der Waals surface area contributed by atoms with Crippen molar-refractivity contribution in [3.63, 3.8) is 0 Å². The van der Waals surface area contributed by atoms with Gasteiger partial charge in [0.25, 0.3) is 0 Å². The van der Waals surface area contributed by atoms with E-state index in [4.69, 9.17) is 9.47 Å². The summed E-state index contributed by atoms with van der Waals surface area (Å²) in [5.41, 5.74) is 0. The molecule has 0 aliphatic rings. The van der Waals surface area contributed by atoms with Crippen LogP contribution in [0.5, 0.6) is 0 Å². The van der Waals surface area contributed by atoms with Crippen LogP contribution in [0.15, 0.2) is 67.3 Å². The van der Waals surface area contributed by atoms with Crippen molar-refractivity contribution in [2.24, 2.45) is 0 Å². The number of imidazole rings is 1. The zero-order valence-electron chi connectivity index (χ0n) is 30.4. The summed E-state index contributed by atoms with van der Waals surface area (Å²) in [6.45, 7) is 7.66. The first kappa shape index (κ1) is 42.1. The highest BCUT2D eigenvalue weighted by Gasteiger charge is 2.10. The van der Waals surface area contributed by atoms with E-state index in [2.05, 4.69) is 72.0 Å². The van der Waals surface area contributed by atoms with Gasteiger partial charge in [0, 0.05) is 25.6 Å². The Labute approximate surface area is 286 Å². The topological polar surface area (TPSA) is 36.3 Å². The van der Waals surface area contributed by atoms with Crippen molar-refractivity contribution in [3.05, 3.63) is 67.3 Å². The maximum atomic E-state index is 6.27. The molecule has 0 aliphatic heterocycles. The predicted molar refractivity (Wildman–Crippen MR) is 202 cm³/mol. The zero-order valence-corrected chi connectivity index (χ0v) is 30.4. The lowest BCUT2D eigenvalue weighted by Gasteiger charge is -2.19. The van der Waals surface area contributed by atoms with E-state index in [0.717, 1.165) is 45.4 Å². The van der Waals surface area contributed by atoms with Gasteiger partial charge >= 0.3 is 0 Å². The zero-order chi connectivity index (χ0) is 32.9. The molecule has 0 saturated carbocycles. The summed E-state index contributed by atoms with van der Waals surface area (Å²) >= 11 is 0. The highest BCUT2D eigenvalue weighted by molar-refractivity contribution is 4.93. The molecule has 0 aliphatic carbocycles. The van der Waals surface area contributed by atoms with Crippen LogP contribution in [-0.4, -0.2) is 35.5 Å². The van der Waals surface area contributed by atoms with Crippen LogP contribution < -0.4 is 0 Å². The van der Waals surface area contributed by atoms with Gasteiger partial charge in [-0.3, -0.25) is 0 Å². The molecule has 0 radical (unpaired) electrons. The Morgan fingerprint density at radius 3 is 1.48 bits per heavy atom. The second-order valence-electron chi connectivity index (χ2n) is 13.0. The van der Waals surface area contributed by atoms with Gasteiger partial charge < -0.3 is 14.0 Å². The number of rotatable bonds is 35. The van der Waals surface area contributed by atoms with Crippen molar-refractivity contribution < 1.29 is 9.47 Å². The van der Waals surface area contributed by atoms with Crippen molar-refractivity contribution in [3.8, 4) is 0 Å². The summed E-state index contributed by atoms with van der Waals surface area (Å²) in [6, 6.07) is 0. The van der Waals surface area contributed by atoms with Gasteiger partial charge in [0.15, 0.2) is 0 Å². The molecule has 1 rings (SSSR count). The molecule has 0 bridgehead atoms. The summed E-state index contributed by atoms with van der Waals surface area (Å²) in [5, 5.41) is 0. The number of allylic oxidation sites excluding steroid dienone is 8. The molecule has 0 N–H and O–H groups in total. The number of hydrogen-bond donors (Lipinski definition) is 0. The molecule has 0 saturated heterocycles. The SMILES string of the molecule is CCCCC/C=C\C/C=C\CCCCCCCCOCC(Cn1ccnc1)OCCCCCCCC/C=C\C/C=C\CCCCC. The average Bonchev–Trinajstić information content (AvgIpc) is 3.58. The fourth-order valence-electron chi connectivity index (χ4n) is 5.53. The Kier molecular flexibility index (Phi) is 32.9. The predicted octanol–water partition coefficient (Wildman–Crippen LogP) is 12.9. The van der Waals surface area contributed by atoms with E-state index in [9.17, 15) is 0 Å². The first-order valence-corrected chi connectivity index (χ1v) is 19.6. The fourth-order valence-corrected chi connectivity index (χ4v) is 5.53. The molecule has 4 nitrogen and oxygen atoms in total. The second-order valence-corrected chi connectivity index (χ2v) is 13.0. The van der Waals surface area contributed by atoms with E-state index < -0.39 is 0 Å². The van der Waals surface area contributed by atoms with Gasteiger partial charge in [0.2, 0.25) is 0 Å². The monoisotopic (exact) mass is 639 g/mol. The molecule has 1 atom stereocenters. The van der Waals surface area contributed by atoms with E-state index in [0.29, 0.717) is 6.61 Å². The maximum Gasteiger partial charge on any atom is 0.0987 e. The molecule has 46 heavy (non-hydrogen) atoms. The summed E-state index contributed by atoms with van der Waals surface area (Å²) in [4.78, 5) is 4.20. The van der Waals surface area contributed by atoms with Crippen LogP contribution >= 0.6 is 0 Å². The molecule has 1 aromatic rings. The molecule has 1 aromatic heterocycles. The third-order valence-corrected chi connectivity index (χ3v) is 8.47. The van der Waals surface area contributed by atoms with Crippen molar-refractivity contribution in [2.75, 3.05) is 19.8 Å². The van der Waals surface area contributed by atoms with Crippen molar-refractivity contribution in [1.82, 2.24) is 9.55 Å². The smallest absolute Gasteiger partial charge is 0.0987 e. The van der Waals surface area contributed by atoms with Gasteiger partial charge in [-0.05, 0) is 77.0 Å². The minimum atomic E-state index is 0.0942. The normalized spacial score (nSPS) is 13.0. The fraction of sp³-hybridized carbons (Fsp3) is 0.738. The van der Waals surface area contributed by atoms with Crippen LogP contribution in [-0.2, 0) is 16.0 Å². The largest absolute Gasteiger partial charge is 0.379 e. The minimum Gasteiger partial charge on any atom is -0.379 e. The number of nitrogens with zero attached hydrogens (tertiary/aromatic N) is 2. The third kappa shape index (κ3) is 30.7. The first-order valence-electron chi connectivity index (χ1n) is 19.6. The van der Waals surface area contributed by atoms with Gasteiger partial charge in [0.05, 0.1) is 25.6 Å². The Hall–Kier alpha value is -1.91. The first-order chi connectivity index (χ1) is 22.9. The Bertz CT molecular complexity index is 827. The number of aromatic nitrogens is 2. The van der Waals surface area contributed by atoms with Crippen LogP contribution in [0.3, 0.4) is 0 Å². The molecule has 0 amide bonds. The van der Waals surface area contributed by atoms with E-state index in [1.807, 2.05) is 18.7 Å². The third-order valence-electron chi connectivity index (χ3n) is 8.47. The van der Waals surface area contributed by atoms with E-state index in [-0.39, 0.29) is 6.10 Å². The highest BCUT2D eigenvalue weighted by atomic mass is 16.5. The van der Waals surface area contributed by atoms with Crippen molar-refractivity contribution in [2.45, 2.75) is 181 Å². The number of unbranched alkanes of at least 4 members (excludes halogenated alkanes) is 18. The number of hydrogen-bond acceptors (Lipinski definition) is 3. The Balaban J connectivity index is 1.98. The van der Waals surface area contributed by atoms with Gasteiger partial charge in [-0.25, -0.2) is 4.98 Å². The minimum absolute atomic E-state index is 0.0942. The molecular formula is C42H74N2O2. The second kappa shape index (κ2) is 35.9. The molecule has 1 heterocycles. The summed E-state index contributed by atoms with van der Waals surface area (Å²) < 4.78 is 14.4. The van der Waals surface area contributed by atoms with Crippen molar-refractivity contribution >= 4 is 0 Å². The molecule has 0 aromatic carbocycles. The summed E-state index contributed by atoms with van der Waals surface area (Å²) in [6.07, 6.45) is 55.0. The molecule has 0 fully saturated rings. The van der Waals surface area contributed by atoms with Crippen LogP contribution in [0.4, 0.5) is 0 Å². The summed E-state index contributed by atoms with van der Waals surface area (Å²) in [5.74, 6) is 0. The van der Waals surface area contributed by atoms with Gasteiger partial charge in [-0.15, -0.1) is 0 Å². The van der Waals surface area contributed by atoms with Gasteiger partial charge in [-0.2, -0.15) is 0 Å². The molecule has 0 spiro atoms. The van der Waals surface area contributed by atoms with Crippen LogP contribution in [0.25, 0.3) is 0 Å². The lowest BCUT2D eigenvalue weighted by atomic mass is 10.1. The standard InChI is InChI=1S/C42H74N2O2/c1-3-5-7-9-11-13-15-17-19-21-23-25-27-29-31-33-37-45-40-42(39-44-36-35-43-41-44)46-38-34-32-30-28-26-24-22-20-18-16-14-12-10-8-6-4-2/h11-14,17-20,35-36,41-42H,3-10,15-16,21-34,37-40H2,1-2H3/b13-11-,14-12-,19-17-,20-18-. The van der Waals surface area contributed by atoms with Crippen LogP contribution in [0.1, 0.15) is 168 Å². The molecular weight excluding hydrogens is 564 g/mol. The summed E-state index contributed by atoms with van der Waals surface area (Å²) in [7, 11) is 0. The van der Waals surface area contributed by atoms with Gasteiger partial charge in [0.1, 0.15) is 0 Å². The molecule has 1 unspecified atom stereocenters. The van der Waals surface area contributed by atoms with Crippen LogP contribution in [0.2, 0.25) is 0 Å². The van der Waals surface area contributed by atoms with Gasteiger partial charge in [-0.1, -0.05) is 140 Å². The average molecular weight is 639 g/mol. The van der Waals surface area contributed by atoms with E-state index in [1.165, 1.54) is 128 Å². The van der Waals surface area contributed by atoms with Crippen LogP contribution in [0, 0.1) is 0 Å². The highest BCUT2D eigenvalue weighted by Crippen LogP contribution is 2.11. The quantitative estimate of drug-likeness (QED) is 0.0548. The number of ether oxygens (including phenoxy) is 2. The maximum absolute atomic E-state index is 6.27. The Morgan fingerprint density at radius 2 is 1.00 bits per heavy atom. The van der Waals surface area contributed by atoms with Crippen molar-refractivity contribution in [1.29, 1.82) is 0 Å². The lowest BCUT2D eigenvalue weighted by Crippen LogP contribution is -2.26. The Morgan fingerprint density at radius 1 is 0.543 bits per heavy atom. The van der Waals surface area contributed by atoms with E-state index in [1.54, 1.807) is 0 Å².